The number of methoxy groups -OCH3 is 1. The summed E-state index contributed by atoms with van der Waals surface area (Å²) < 4.78 is 70.9. The van der Waals surface area contributed by atoms with E-state index in [1.54, 1.807) is 13.8 Å². The van der Waals surface area contributed by atoms with Crippen LogP contribution in [0.1, 0.15) is 19.4 Å². The van der Waals surface area contributed by atoms with Crippen molar-refractivity contribution in [2.45, 2.75) is 24.9 Å². The highest BCUT2D eigenvalue weighted by atomic mass is 35.5. The van der Waals surface area contributed by atoms with Crippen molar-refractivity contribution in [2.24, 2.45) is 0 Å². The van der Waals surface area contributed by atoms with E-state index in [4.69, 9.17) is 16.3 Å². The highest BCUT2D eigenvalue weighted by Crippen LogP contribution is 2.36. The minimum atomic E-state index is -4.64. The molecule has 0 radical (unpaired) electrons. The fraction of sp³-hybridized carbons (Fsp3) is 0.350. The van der Waals surface area contributed by atoms with Crippen molar-refractivity contribution in [2.75, 3.05) is 37.4 Å². The molecule has 0 spiro atoms. The summed E-state index contributed by atoms with van der Waals surface area (Å²) in [5.41, 5.74) is -0.873. The zero-order chi connectivity index (χ0) is 24.1. The first-order valence-electron chi connectivity index (χ1n) is 9.52. The Hall–Kier alpha value is -2.50. The molecule has 0 aliphatic carbocycles. The normalized spacial score (nSPS) is 12.0. The Labute approximate surface area is 189 Å². The summed E-state index contributed by atoms with van der Waals surface area (Å²) in [6, 6.07) is 7.24. The Morgan fingerprint density at radius 2 is 1.78 bits per heavy atom. The van der Waals surface area contributed by atoms with Gasteiger partial charge in [-0.3, -0.25) is 4.79 Å². The number of nitrogens with zero attached hydrogens (tertiary/aromatic N) is 1. The van der Waals surface area contributed by atoms with Gasteiger partial charge in [-0.2, -0.15) is 17.5 Å². The molecule has 2 aromatic rings. The molecule has 2 N–H and O–H groups in total. The molecule has 0 bridgehead atoms. The molecule has 176 valence electrons. The summed E-state index contributed by atoms with van der Waals surface area (Å²) in [6.45, 7) is 3.59. The third kappa shape index (κ3) is 6.05. The summed E-state index contributed by atoms with van der Waals surface area (Å²) in [6.07, 6.45) is -4.64. The van der Waals surface area contributed by atoms with Crippen molar-refractivity contribution in [3.8, 4) is 5.75 Å². The van der Waals surface area contributed by atoms with Crippen LogP contribution in [0.2, 0.25) is 5.02 Å². The fourth-order valence-electron chi connectivity index (χ4n) is 2.89. The van der Waals surface area contributed by atoms with Gasteiger partial charge in [-0.15, -0.1) is 0 Å². The van der Waals surface area contributed by atoms with Crippen LogP contribution in [0.25, 0.3) is 0 Å². The second-order valence-corrected chi connectivity index (χ2v) is 8.89. The number of alkyl halides is 3. The first-order chi connectivity index (χ1) is 14.9. The molecule has 0 aromatic heterocycles. The molecule has 0 unspecified atom stereocenters. The van der Waals surface area contributed by atoms with Crippen LogP contribution in [-0.2, 0) is 21.0 Å². The largest absolute Gasteiger partial charge is 0.495 e. The lowest BCUT2D eigenvalue weighted by atomic mass is 10.2. The van der Waals surface area contributed by atoms with Crippen molar-refractivity contribution in [3.63, 3.8) is 0 Å². The number of carbonyl (C=O) groups excluding carboxylic acids is 1. The number of carbonyl (C=O) groups is 1. The number of sulfonamides is 1. The van der Waals surface area contributed by atoms with E-state index in [9.17, 15) is 26.4 Å². The minimum absolute atomic E-state index is 0.0298. The number of rotatable bonds is 9. The lowest BCUT2D eigenvalue weighted by molar-refractivity contribution is -0.137. The van der Waals surface area contributed by atoms with Gasteiger partial charge in [0, 0.05) is 18.8 Å². The van der Waals surface area contributed by atoms with Gasteiger partial charge in [0.25, 0.3) is 0 Å². The van der Waals surface area contributed by atoms with Gasteiger partial charge in [0.15, 0.2) is 0 Å². The fourth-order valence-corrected chi connectivity index (χ4v) is 4.60. The molecule has 7 nitrogen and oxygen atoms in total. The van der Waals surface area contributed by atoms with Crippen LogP contribution in [0.5, 0.6) is 5.75 Å². The van der Waals surface area contributed by atoms with E-state index in [2.05, 4.69) is 10.6 Å². The maximum absolute atomic E-state index is 13.0. The van der Waals surface area contributed by atoms with Gasteiger partial charge in [0.05, 0.1) is 34.8 Å². The molecule has 0 fully saturated rings. The van der Waals surface area contributed by atoms with Crippen LogP contribution in [0.3, 0.4) is 0 Å². The van der Waals surface area contributed by atoms with Crippen LogP contribution in [0, 0.1) is 0 Å². The van der Waals surface area contributed by atoms with Gasteiger partial charge in [-0.1, -0.05) is 25.4 Å². The number of nitrogens with one attached hydrogen (secondary N) is 2. The Morgan fingerprint density at radius 1 is 1.12 bits per heavy atom. The SMILES string of the molecule is CCN(CC)S(=O)(=O)c1ccc(OC)c(NC(=O)CNc2ccc(Cl)c(C(F)(F)F)c2)c1. The first-order valence-corrected chi connectivity index (χ1v) is 11.3. The zero-order valence-corrected chi connectivity index (χ0v) is 19.2. The predicted octanol–water partition coefficient (Wildman–Crippen LogP) is 4.45. The zero-order valence-electron chi connectivity index (χ0n) is 17.6. The van der Waals surface area contributed by atoms with E-state index in [0.29, 0.717) is 0 Å². The van der Waals surface area contributed by atoms with Crippen molar-refractivity contribution in [1.29, 1.82) is 0 Å². The lowest BCUT2D eigenvalue weighted by Crippen LogP contribution is -2.30. The van der Waals surface area contributed by atoms with Gasteiger partial charge in [0.1, 0.15) is 5.75 Å². The summed E-state index contributed by atoms with van der Waals surface area (Å²) in [5.74, 6) is -0.396. The molecule has 2 aromatic carbocycles. The maximum atomic E-state index is 13.0. The summed E-state index contributed by atoms with van der Waals surface area (Å²) in [5, 5.41) is 4.65. The molecule has 0 saturated carbocycles. The van der Waals surface area contributed by atoms with Crippen molar-refractivity contribution < 1.29 is 31.1 Å². The highest BCUT2D eigenvalue weighted by molar-refractivity contribution is 7.89. The summed E-state index contributed by atoms with van der Waals surface area (Å²) in [7, 11) is -2.42. The van der Waals surface area contributed by atoms with Crippen LogP contribution in [0.15, 0.2) is 41.3 Å². The van der Waals surface area contributed by atoms with Gasteiger partial charge in [-0.05, 0) is 36.4 Å². The molecule has 2 rings (SSSR count). The van der Waals surface area contributed by atoms with Crippen LogP contribution >= 0.6 is 11.6 Å². The lowest BCUT2D eigenvalue weighted by Gasteiger charge is -2.19. The first kappa shape index (κ1) is 25.8. The van der Waals surface area contributed by atoms with E-state index in [1.807, 2.05) is 0 Å². The second kappa shape index (κ2) is 10.4. The smallest absolute Gasteiger partial charge is 0.417 e. The standard InChI is InChI=1S/C20H23ClF3N3O4S/c1-4-27(5-2)32(29,30)14-7-9-18(31-3)17(11-14)26-19(28)12-25-13-6-8-16(21)15(10-13)20(22,23)24/h6-11,25H,4-5,12H2,1-3H3,(H,26,28). The van der Waals surface area contributed by atoms with Crippen molar-refractivity contribution in [3.05, 3.63) is 47.0 Å². The van der Waals surface area contributed by atoms with E-state index in [-0.39, 0.29) is 41.7 Å². The topological polar surface area (TPSA) is 87.7 Å². The molecule has 0 aliphatic heterocycles. The van der Waals surface area contributed by atoms with Crippen LogP contribution in [-0.4, -0.2) is 45.4 Å². The molecule has 32 heavy (non-hydrogen) atoms. The minimum Gasteiger partial charge on any atom is -0.495 e. The van der Waals surface area contributed by atoms with Crippen molar-refractivity contribution >= 4 is 38.9 Å². The molecule has 0 atom stereocenters. The van der Waals surface area contributed by atoms with Crippen LogP contribution < -0.4 is 15.4 Å². The summed E-state index contributed by atoms with van der Waals surface area (Å²) in [4.78, 5) is 12.3. The molecular weight excluding hydrogens is 471 g/mol. The maximum Gasteiger partial charge on any atom is 0.417 e. The Bertz CT molecular complexity index is 1070. The molecule has 0 heterocycles. The van der Waals surface area contributed by atoms with E-state index < -0.39 is 32.7 Å². The van der Waals surface area contributed by atoms with Gasteiger partial charge >= 0.3 is 6.18 Å². The molecule has 0 aliphatic rings. The van der Waals surface area contributed by atoms with E-state index in [1.165, 1.54) is 35.7 Å². The van der Waals surface area contributed by atoms with E-state index in [0.717, 1.165) is 12.1 Å². The summed E-state index contributed by atoms with van der Waals surface area (Å²) >= 11 is 5.59. The predicted molar refractivity (Wildman–Crippen MR) is 117 cm³/mol. The highest BCUT2D eigenvalue weighted by Gasteiger charge is 2.33. The van der Waals surface area contributed by atoms with E-state index >= 15 is 0 Å². The number of hydrogen-bond acceptors (Lipinski definition) is 5. The number of ether oxygens (including phenoxy) is 1. The molecule has 12 heteroatoms. The number of benzene rings is 2. The molecular formula is C20H23ClF3N3O4S. The third-order valence-electron chi connectivity index (χ3n) is 4.51. The number of hydrogen-bond donors (Lipinski definition) is 2. The van der Waals surface area contributed by atoms with Gasteiger partial charge in [0.2, 0.25) is 15.9 Å². The van der Waals surface area contributed by atoms with Gasteiger partial charge in [-0.25, -0.2) is 8.42 Å². The number of halogens is 4. The Balaban J connectivity index is 2.19. The molecule has 0 saturated heterocycles. The average Bonchev–Trinajstić information content (AvgIpc) is 2.73. The van der Waals surface area contributed by atoms with Crippen molar-refractivity contribution in [1.82, 2.24) is 4.31 Å². The second-order valence-electron chi connectivity index (χ2n) is 6.55. The third-order valence-corrected chi connectivity index (χ3v) is 6.89. The van der Waals surface area contributed by atoms with Crippen LogP contribution in [0.4, 0.5) is 24.5 Å². The molecule has 1 amide bonds. The average molecular weight is 494 g/mol. The Kier molecular flexibility index (Phi) is 8.38. The van der Waals surface area contributed by atoms with Gasteiger partial charge < -0.3 is 15.4 Å². The number of anilines is 2. The monoisotopic (exact) mass is 493 g/mol. The number of amides is 1. The Morgan fingerprint density at radius 3 is 2.34 bits per heavy atom. The quantitative estimate of drug-likeness (QED) is 0.539.